The van der Waals surface area contributed by atoms with Gasteiger partial charge in [0, 0.05) is 25.7 Å². The number of nitro benzene ring substituents is 4. The number of hydrazine groups is 1. The molecule has 18 heteroatoms. The van der Waals surface area contributed by atoms with Gasteiger partial charge < -0.3 is 0 Å². The number of anilines is 2. The number of benzene rings is 4. The fraction of sp³-hybridized carbons (Fsp3) is 0.111. The number of hydrogen-bond acceptors (Lipinski definition) is 14. The summed E-state index contributed by atoms with van der Waals surface area (Å²) in [6, 6.07) is 20.5. The Morgan fingerprint density at radius 1 is 0.511 bits per heavy atom. The van der Waals surface area contributed by atoms with E-state index in [-0.39, 0.29) is 11.4 Å². The largest absolute Gasteiger partial charge is 0.348 e. The van der Waals surface area contributed by atoms with Crippen LogP contribution in [0.4, 0.5) is 56.9 Å². The monoisotopic (exact) mass is 614 g/mol. The van der Waals surface area contributed by atoms with Gasteiger partial charge in [-0.3, -0.25) is 50.5 Å². The van der Waals surface area contributed by atoms with E-state index in [4.69, 9.17) is 0 Å². The number of rotatable bonds is 12. The summed E-state index contributed by atoms with van der Waals surface area (Å²) in [5.74, 6) is 0. The van der Waals surface area contributed by atoms with E-state index in [1.807, 2.05) is 24.0 Å². The highest BCUT2D eigenvalue weighted by atomic mass is 16.6. The minimum atomic E-state index is -0.851. The molecule has 0 unspecified atom stereocenters. The lowest BCUT2D eigenvalue weighted by Gasteiger charge is -2.34. The van der Waals surface area contributed by atoms with Crippen LogP contribution >= 0.6 is 0 Å². The number of hydrogen-bond donors (Lipinski definition) is 0. The van der Waals surface area contributed by atoms with Crippen molar-refractivity contribution in [2.45, 2.75) is 6.92 Å². The van der Waals surface area contributed by atoms with Crippen LogP contribution in [0.25, 0.3) is 0 Å². The van der Waals surface area contributed by atoms with E-state index in [1.54, 1.807) is 48.5 Å². The third kappa shape index (κ3) is 7.38. The van der Waals surface area contributed by atoms with Gasteiger partial charge in [-0.2, -0.15) is 20.5 Å². The first-order chi connectivity index (χ1) is 21.5. The molecule has 0 aliphatic heterocycles. The lowest BCUT2D eigenvalue weighted by atomic mass is 10.2. The maximum atomic E-state index is 11.2. The highest BCUT2D eigenvalue weighted by molar-refractivity contribution is 5.63. The molecule has 0 aliphatic rings. The van der Waals surface area contributed by atoms with Crippen molar-refractivity contribution in [2.75, 3.05) is 23.6 Å². The number of nitro groups is 4. The molecule has 0 spiro atoms. The zero-order chi connectivity index (χ0) is 32.7. The minimum Gasteiger partial charge on any atom is -0.288 e. The number of azo groups is 2. The number of nitrogens with zero attached hydrogens (tertiary/aromatic N) is 10. The standard InChI is InChI=1S/C27H22N10O8/c1-3-33(23-12-6-19(7-13-23)29-31-21-9-15-25(35(40)41)27(17-21)37(44)45)32(2)22-10-4-18(5-11-22)28-30-20-8-14-24(34(38)39)26(16-20)36(42)43/h4-17H,3H2,1-2H3. The molecule has 0 atom stereocenters. The second-order valence-electron chi connectivity index (χ2n) is 9.05. The predicted octanol–water partition coefficient (Wildman–Crippen LogP) is 8.03. The molecule has 45 heavy (non-hydrogen) atoms. The van der Waals surface area contributed by atoms with E-state index in [2.05, 4.69) is 20.5 Å². The third-order valence-corrected chi connectivity index (χ3v) is 6.30. The second-order valence-corrected chi connectivity index (χ2v) is 9.05. The summed E-state index contributed by atoms with van der Waals surface area (Å²) in [5, 5.41) is 64.3. The van der Waals surface area contributed by atoms with Crippen LogP contribution in [-0.2, 0) is 0 Å². The molecule has 0 aliphatic carbocycles. The maximum absolute atomic E-state index is 11.2. The van der Waals surface area contributed by atoms with Gasteiger partial charge >= 0.3 is 22.7 Å². The Labute approximate surface area is 253 Å². The van der Waals surface area contributed by atoms with Crippen LogP contribution in [-0.4, -0.2) is 33.3 Å². The molecule has 0 amide bonds. The van der Waals surface area contributed by atoms with E-state index in [0.717, 1.165) is 35.6 Å². The van der Waals surface area contributed by atoms with E-state index >= 15 is 0 Å². The Bertz CT molecular complexity index is 1830. The van der Waals surface area contributed by atoms with Gasteiger partial charge in [0.2, 0.25) is 0 Å². The maximum Gasteiger partial charge on any atom is 0.348 e. The summed E-state index contributed by atoms with van der Waals surface area (Å²) in [4.78, 5) is 41.0. The van der Waals surface area contributed by atoms with Gasteiger partial charge in [0.25, 0.3) is 0 Å². The summed E-state index contributed by atoms with van der Waals surface area (Å²) in [6.45, 7) is 2.54. The molecular formula is C27H22N10O8. The van der Waals surface area contributed by atoms with E-state index < -0.39 is 42.4 Å². The molecule has 0 heterocycles. The van der Waals surface area contributed by atoms with Crippen molar-refractivity contribution in [1.82, 2.24) is 0 Å². The second kappa shape index (κ2) is 13.5. The van der Waals surface area contributed by atoms with E-state index in [0.29, 0.717) is 17.9 Å². The van der Waals surface area contributed by atoms with Crippen molar-refractivity contribution in [3.05, 3.63) is 125 Å². The molecule has 4 aromatic carbocycles. The van der Waals surface area contributed by atoms with E-state index in [9.17, 15) is 40.5 Å². The first-order valence-corrected chi connectivity index (χ1v) is 12.9. The van der Waals surface area contributed by atoms with Crippen molar-refractivity contribution in [3.63, 3.8) is 0 Å². The van der Waals surface area contributed by atoms with Crippen LogP contribution in [0.3, 0.4) is 0 Å². The van der Waals surface area contributed by atoms with Crippen molar-refractivity contribution >= 4 is 56.9 Å². The van der Waals surface area contributed by atoms with Crippen LogP contribution < -0.4 is 10.0 Å². The minimum absolute atomic E-state index is 0.0858. The molecule has 0 saturated carbocycles. The average Bonchev–Trinajstić information content (AvgIpc) is 3.03. The van der Waals surface area contributed by atoms with Gasteiger partial charge in [-0.05, 0) is 67.6 Å². The molecule has 4 rings (SSSR count). The average molecular weight is 615 g/mol. The zero-order valence-corrected chi connectivity index (χ0v) is 23.5. The SMILES string of the molecule is CCN(c1ccc(N=Nc2ccc([N+](=O)[O-])c([N+](=O)[O-])c2)cc1)N(C)c1ccc(N=Nc2ccc([N+](=O)[O-])c([N+](=O)[O-])c2)cc1. The Morgan fingerprint density at radius 2 is 0.844 bits per heavy atom. The zero-order valence-electron chi connectivity index (χ0n) is 23.5. The van der Waals surface area contributed by atoms with Crippen LogP contribution in [0.15, 0.2) is 105 Å². The molecule has 18 nitrogen and oxygen atoms in total. The lowest BCUT2D eigenvalue weighted by molar-refractivity contribution is -0.422. The highest BCUT2D eigenvalue weighted by Crippen LogP contribution is 2.33. The first-order valence-electron chi connectivity index (χ1n) is 12.9. The fourth-order valence-corrected chi connectivity index (χ4v) is 4.11. The smallest absolute Gasteiger partial charge is 0.288 e. The lowest BCUT2D eigenvalue weighted by Crippen LogP contribution is -2.39. The van der Waals surface area contributed by atoms with Gasteiger partial charge in [0.1, 0.15) is 0 Å². The normalized spacial score (nSPS) is 11.1. The van der Waals surface area contributed by atoms with Crippen molar-refractivity contribution < 1.29 is 19.7 Å². The van der Waals surface area contributed by atoms with Gasteiger partial charge in [-0.1, -0.05) is 0 Å². The molecule has 0 aromatic heterocycles. The Morgan fingerprint density at radius 3 is 1.20 bits per heavy atom. The summed E-state index contributed by atoms with van der Waals surface area (Å²) < 4.78 is 0. The molecular weight excluding hydrogens is 592 g/mol. The highest BCUT2D eigenvalue weighted by Gasteiger charge is 2.25. The molecule has 0 saturated heterocycles. The summed E-state index contributed by atoms with van der Waals surface area (Å²) in [6.07, 6.45) is 0. The van der Waals surface area contributed by atoms with Crippen LogP contribution in [0.5, 0.6) is 0 Å². The van der Waals surface area contributed by atoms with Crippen LogP contribution in [0.2, 0.25) is 0 Å². The van der Waals surface area contributed by atoms with Crippen molar-refractivity contribution in [3.8, 4) is 0 Å². The van der Waals surface area contributed by atoms with Crippen molar-refractivity contribution in [2.24, 2.45) is 20.5 Å². The topological polar surface area (TPSA) is 228 Å². The Kier molecular flexibility index (Phi) is 9.37. The predicted molar refractivity (Wildman–Crippen MR) is 162 cm³/mol. The Hall–Kier alpha value is -6.72. The summed E-state index contributed by atoms with van der Waals surface area (Å²) in [5.41, 5.74) is 0.0453. The molecule has 0 N–H and O–H groups in total. The van der Waals surface area contributed by atoms with Crippen LogP contribution in [0.1, 0.15) is 6.92 Å². The molecule has 4 aromatic rings. The fourth-order valence-electron chi connectivity index (χ4n) is 4.11. The van der Waals surface area contributed by atoms with Gasteiger partial charge in [-0.15, -0.1) is 0 Å². The van der Waals surface area contributed by atoms with Crippen LogP contribution in [0, 0.1) is 40.5 Å². The Balaban J connectivity index is 1.45. The molecule has 0 radical (unpaired) electrons. The summed E-state index contributed by atoms with van der Waals surface area (Å²) >= 11 is 0. The third-order valence-electron chi connectivity index (χ3n) is 6.30. The molecule has 0 fully saturated rings. The first kappa shape index (κ1) is 31.2. The van der Waals surface area contributed by atoms with Gasteiger partial charge in [0.15, 0.2) is 0 Å². The van der Waals surface area contributed by atoms with Crippen molar-refractivity contribution in [1.29, 1.82) is 0 Å². The quantitative estimate of drug-likeness (QED) is 0.0846. The molecule has 0 bridgehead atoms. The summed E-state index contributed by atoms with van der Waals surface area (Å²) in [7, 11) is 1.85. The van der Waals surface area contributed by atoms with Gasteiger partial charge in [-0.25, -0.2) is 0 Å². The van der Waals surface area contributed by atoms with Gasteiger partial charge in [0.05, 0.1) is 66.0 Å². The molecule has 228 valence electrons. The van der Waals surface area contributed by atoms with E-state index in [1.165, 1.54) is 12.1 Å².